The van der Waals surface area contributed by atoms with Crippen molar-refractivity contribution in [2.75, 3.05) is 45.7 Å². The van der Waals surface area contributed by atoms with Crippen LogP contribution in [0.1, 0.15) is 25.0 Å². The van der Waals surface area contributed by atoms with E-state index in [2.05, 4.69) is 74.6 Å². The van der Waals surface area contributed by atoms with Crippen LogP contribution < -0.4 is 10.1 Å². The van der Waals surface area contributed by atoms with Gasteiger partial charge in [-0.3, -0.25) is 4.90 Å². The van der Waals surface area contributed by atoms with Crippen molar-refractivity contribution in [3.8, 4) is 5.75 Å². The Morgan fingerprint density at radius 1 is 1.12 bits per heavy atom. The quantitative estimate of drug-likeness (QED) is 0.348. The van der Waals surface area contributed by atoms with Gasteiger partial charge in [0.25, 0.3) is 0 Å². The Morgan fingerprint density at radius 2 is 1.88 bits per heavy atom. The molecule has 1 aliphatic rings. The van der Waals surface area contributed by atoms with E-state index in [0.717, 1.165) is 54.1 Å². The van der Waals surface area contributed by atoms with Crippen molar-refractivity contribution in [2.45, 2.75) is 23.8 Å². The van der Waals surface area contributed by atoms with E-state index in [1.54, 1.807) is 13.2 Å². The predicted molar refractivity (Wildman–Crippen MR) is 136 cm³/mol. The van der Waals surface area contributed by atoms with E-state index in [-0.39, 0.29) is 11.4 Å². The first kappa shape index (κ1) is 23.1. The number of rotatable bonds is 6. The van der Waals surface area contributed by atoms with Gasteiger partial charge in [-0.1, -0.05) is 22.6 Å². The zero-order valence-electron chi connectivity index (χ0n) is 19.0. The van der Waals surface area contributed by atoms with Crippen LogP contribution in [0.5, 0.6) is 5.75 Å². The minimum Gasteiger partial charge on any atom is -0.496 e. The number of piperazine rings is 1. The number of hydrogen-bond donors (Lipinski definition) is 1. The molecule has 1 aliphatic heterocycles. The molecule has 1 fully saturated rings. The fourth-order valence-corrected chi connectivity index (χ4v) is 4.84. The molecule has 0 radical (unpaired) electrons. The predicted octanol–water partition coefficient (Wildman–Crippen LogP) is 4.94. The van der Waals surface area contributed by atoms with E-state index in [9.17, 15) is 4.39 Å². The second kappa shape index (κ2) is 9.44. The number of benzene rings is 2. The van der Waals surface area contributed by atoms with E-state index in [1.165, 1.54) is 12.4 Å². The molecule has 170 valence electrons. The molecule has 1 aromatic heterocycles. The largest absolute Gasteiger partial charge is 0.496 e. The van der Waals surface area contributed by atoms with Crippen LogP contribution in [0.2, 0.25) is 0 Å². The van der Waals surface area contributed by atoms with Crippen molar-refractivity contribution in [3.63, 3.8) is 0 Å². The van der Waals surface area contributed by atoms with Gasteiger partial charge in [-0.15, -0.1) is 0 Å². The highest BCUT2D eigenvalue weighted by molar-refractivity contribution is 14.1. The highest BCUT2D eigenvalue weighted by Crippen LogP contribution is 2.39. The summed E-state index contributed by atoms with van der Waals surface area (Å²) in [4.78, 5) is 13.8. The van der Waals surface area contributed by atoms with Crippen molar-refractivity contribution >= 4 is 45.0 Å². The molecule has 3 aromatic rings. The van der Waals surface area contributed by atoms with Crippen LogP contribution in [0.15, 0.2) is 36.7 Å². The Morgan fingerprint density at radius 3 is 2.56 bits per heavy atom. The first-order chi connectivity index (χ1) is 15.3. The second-order valence-electron chi connectivity index (χ2n) is 8.71. The number of hydrogen-bond acceptors (Lipinski definition) is 6. The lowest BCUT2D eigenvalue weighted by Crippen LogP contribution is -2.52. The Bertz CT molecular complexity index is 1110. The lowest BCUT2D eigenvalue weighted by molar-refractivity contribution is 0.0591. The Labute approximate surface area is 202 Å². The van der Waals surface area contributed by atoms with Crippen LogP contribution in [0.4, 0.5) is 15.9 Å². The maximum Gasteiger partial charge on any atom is 0.141 e. The number of anilines is 2. The van der Waals surface area contributed by atoms with Crippen LogP contribution in [0.25, 0.3) is 10.9 Å². The molecule has 0 spiro atoms. The van der Waals surface area contributed by atoms with Gasteiger partial charge < -0.3 is 15.0 Å². The normalized spacial score (nSPS) is 15.8. The summed E-state index contributed by atoms with van der Waals surface area (Å²) < 4.78 is 20.3. The Balaban J connectivity index is 1.76. The van der Waals surface area contributed by atoms with Crippen molar-refractivity contribution < 1.29 is 9.13 Å². The Hall–Kier alpha value is -2.04. The molecule has 32 heavy (non-hydrogen) atoms. The highest BCUT2D eigenvalue weighted by Gasteiger charge is 2.33. The van der Waals surface area contributed by atoms with Gasteiger partial charge in [-0.25, -0.2) is 14.4 Å². The standard InChI is InChI=1S/C24H29FIN5O/c1-24(2,31-9-7-30(3)8-10-31)19-12-18-21(13-22(19)32-4)27-15-28-23(18)29-17-5-6-20(25)16(11-17)14-26/h5-6,11-13,15H,7-10,14H2,1-4H3,(H,27,28,29). The van der Waals surface area contributed by atoms with Crippen molar-refractivity contribution in [1.29, 1.82) is 0 Å². The summed E-state index contributed by atoms with van der Waals surface area (Å²) in [6.45, 7) is 8.56. The molecule has 0 bridgehead atoms. The van der Waals surface area contributed by atoms with Gasteiger partial charge in [0.15, 0.2) is 0 Å². The van der Waals surface area contributed by atoms with Crippen LogP contribution in [0.3, 0.4) is 0 Å². The van der Waals surface area contributed by atoms with Gasteiger partial charge in [0.05, 0.1) is 12.6 Å². The molecule has 1 N–H and O–H groups in total. The monoisotopic (exact) mass is 549 g/mol. The molecule has 2 heterocycles. The molecule has 4 rings (SSSR count). The number of alkyl halides is 1. The molecule has 0 unspecified atom stereocenters. The topological polar surface area (TPSA) is 53.5 Å². The summed E-state index contributed by atoms with van der Waals surface area (Å²) in [5.41, 5.74) is 3.13. The summed E-state index contributed by atoms with van der Waals surface area (Å²) in [7, 11) is 3.87. The van der Waals surface area contributed by atoms with Gasteiger partial charge in [0.1, 0.15) is 23.7 Å². The third-order valence-electron chi connectivity index (χ3n) is 6.36. The van der Waals surface area contributed by atoms with E-state index >= 15 is 0 Å². The molecule has 1 saturated heterocycles. The van der Waals surface area contributed by atoms with Gasteiger partial charge >= 0.3 is 0 Å². The first-order valence-electron chi connectivity index (χ1n) is 10.7. The molecular weight excluding hydrogens is 520 g/mol. The number of nitrogens with one attached hydrogen (secondary N) is 1. The average molecular weight is 549 g/mol. The molecule has 6 nitrogen and oxygen atoms in total. The fraction of sp³-hybridized carbons (Fsp3) is 0.417. The van der Waals surface area contributed by atoms with Gasteiger partial charge in [0, 0.05) is 58.8 Å². The molecule has 0 amide bonds. The molecule has 2 aromatic carbocycles. The number of halogens is 2. The Kier molecular flexibility index (Phi) is 6.83. The van der Waals surface area contributed by atoms with Gasteiger partial charge in [-0.2, -0.15) is 0 Å². The van der Waals surface area contributed by atoms with E-state index in [4.69, 9.17) is 4.74 Å². The van der Waals surface area contributed by atoms with E-state index in [1.807, 2.05) is 12.1 Å². The number of fused-ring (bicyclic) bond motifs is 1. The SMILES string of the molecule is COc1cc2ncnc(Nc3ccc(F)c(CI)c3)c2cc1C(C)(C)N1CCN(C)CC1. The zero-order valence-corrected chi connectivity index (χ0v) is 21.1. The van der Waals surface area contributed by atoms with Crippen LogP contribution in [-0.4, -0.2) is 60.1 Å². The van der Waals surface area contributed by atoms with Crippen LogP contribution in [-0.2, 0) is 9.97 Å². The van der Waals surface area contributed by atoms with Gasteiger partial charge in [-0.05, 0) is 50.7 Å². The molecule has 0 atom stereocenters. The van der Waals surface area contributed by atoms with Crippen LogP contribution >= 0.6 is 22.6 Å². The minimum atomic E-state index is -0.224. The molecular formula is C24H29FIN5O. The third kappa shape index (κ3) is 4.53. The van der Waals surface area contributed by atoms with E-state index in [0.29, 0.717) is 15.8 Å². The third-order valence-corrected chi connectivity index (χ3v) is 7.18. The molecule has 8 heteroatoms. The number of methoxy groups -OCH3 is 1. The molecule has 0 saturated carbocycles. The number of aromatic nitrogens is 2. The van der Waals surface area contributed by atoms with Crippen molar-refractivity contribution in [1.82, 2.24) is 19.8 Å². The number of nitrogens with zero attached hydrogens (tertiary/aromatic N) is 4. The lowest BCUT2D eigenvalue weighted by Gasteiger charge is -2.44. The summed E-state index contributed by atoms with van der Waals surface area (Å²) in [6, 6.07) is 9.17. The number of ether oxygens (including phenoxy) is 1. The second-order valence-corrected chi connectivity index (χ2v) is 9.47. The first-order valence-corrected chi connectivity index (χ1v) is 12.2. The summed E-state index contributed by atoms with van der Waals surface area (Å²) in [5, 5.41) is 4.28. The molecule has 0 aliphatic carbocycles. The van der Waals surface area contributed by atoms with Gasteiger partial charge in [0.2, 0.25) is 0 Å². The minimum absolute atomic E-state index is 0.196. The number of likely N-dealkylation sites (N-methyl/N-ethyl adjacent to an activating group) is 1. The average Bonchev–Trinajstić information content (AvgIpc) is 2.80. The fourth-order valence-electron chi connectivity index (χ4n) is 4.26. The smallest absolute Gasteiger partial charge is 0.141 e. The summed E-state index contributed by atoms with van der Waals surface area (Å²) in [6.07, 6.45) is 1.54. The van der Waals surface area contributed by atoms with Crippen molar-refractivity contribution in [2.24, 2.45) is 0 Å². The highest BCUT2D eigenvalue weighted by atomic mass is 127. The summed E-state index contributed by atoms with van der Waals surface area (Å²) in [5.74, 6) is 1.32. The van der Waals surface area contributed by atoms with E-state index < -0.39 is 0 Å². The van der Waals surface area contributed by atoms with Crippen LogP contribution in [0, 0.1) is 5.82 Å². The maximum absolute atomic E-state index is 14.0. The van der Waals surface area contributed by atoms with Crippen molar-refractivity contribution in [3.05, 3.63) is 53.6 Å². The lowest BCUT2D eigenvalue weighted by atomic mass is 9.89. The maximum atomic E-state index is 14.0. The summed E-state index contributed by atoms with van der Waals surface area (Å²) >= 11 is 2.17. The zero-order chi connectivity index (χ0) is 22.9.